The van der Waals surface area contributed by atoms with Gasteiger partial charge in [-0.05, 0) is 79.4 Å². The lowest BCUT2D eigenvalue weighted by Gasteiger charge is -2.61. The summed E-state index contributed by atoms with van der Waals surface area (Å²) in [4.78, 5) is 0. The predicted octanol–water partition coefficient (Wildman–Crippen LogP) is 3.52. The third-order valence-electron chi connectivity index (χ3n) is 8.99. The molecule has 0 radical (unpaired) electrons. The molecule has 0 aromatic heterocycles. The Morgan fingerprint density at radius 1 is 1.04 bits per heavy atom. The summed E-state index contributed by atoms with van der Waals surface area (Å²) >= 11 is 0. The molecule has 4 saturated carbocycles. The Morgan fingerprint density at radius 2 is 1.87 bits per heavy atom. The van der Waals surface area contributed by atoms with Gasteiger partial charge in [0, 0.05) is 0 Å². The minimum Gasteiger partial charge on any atom is -0.393 e. The molecule has 1 N–H and O–H groups in total. The Morgan fingerprint density at radius 3 is 2.65 bits per heavy atom. The second-order valence-electron chi connectivity index (χ2n) is 9.77. The van der Waals surface area contributed by atoms with E-state index in [2.05, 4.69) is 19.9 Å². The molecule has 1 saturated heterocycles. The van der Waals surface area contributed by atoms with Gasteiger partial charge in [-0.25, -0.2) is 0 Å². The summed E-state index contributed by atoms with van der Waals surface area (Å²) in [6.07, 6.45) is 8.82. The average Bonchev–Trinajstić information content (AvgIpc) is 3.15. The van der Waals surface area contributed by atoms with Crippen LogP contribution in [-0.4, -0.2) is 23.4 Å². The van der Waals surface area contributed by atoms with Gasteiger partial charge in [0.2, 0.25) is 0 Å². The molecule has 0 spiro atoms. The number of ether oxygens (including phenoxy) is 1. The van der Waals surface area contributed by atoms with E-state index in [0.29, 0.717) is 30.0 Å². The molecule has 10 atom stereocenters. The van der Waals surface area contributed by atoms with E-state index in [4.69, 9.17) is 4.74 Å². The molecule has 1 heterocycles. The molecule has 5 rings (SSSR count). The van der Waals surface area contributed by atoms with Gasteiger partial charge in [0.15, 0.2) is 0 Å². The summed E-state index contributed by atoms with van der Waals surface area (Å²) in [5.41, 5.74) is 0.303. The smallest absolute Gasteiger partial charge is 0.0847 e. The first kappa shape index (κ1) is 14.7. The van der Waals surface area contributed by atoms with Gasteiger partial charge in [0.05, 0.1) is 30.3 Å². The van der Waals surface area contributed by atoms with Gasteiger partial charge in [-0.3, -0.25) is 0 Å². The van der Waals surface area contributed by atoms with Crippen LogP contribution >= 0.6 is 0 Å². The van der Waals surface area contributed by atoms with Crippen molar-refractivity contribution < 1.29 is 9.84 Å². The van der Waals surface area contributed by atoms with Gasteiger partial charge < -0.3 is 9.84 Å². The van der Waals surface area contributed by atoms with Crippen molar-refractivity contribution in [3.63, 3.8) is 0 Å². The van der Waals surface area contributed by atoms with Crippen molar-refractivity contribution in [3.8, 4) is 6.07 Å². The molecule has 3 heteroatoms. The van der Waals surface area contributed by atoms with E-state index in [1.165, 1.54) is 25.7 Å². The van der Waals surface area contributed by atoms with Gasteiger partial charge in [-0.15, -0.1) is 0 Å². The summed E-state index contributed by atoms with van der Waals surface area (Å²) < 4.78 is 5.87. The molecular formula is C20H29NO2. The van der Waals surface area contributed by atoms with Crippen LogP contribution in [0.1, 0.15) is 58.8 Å². The predicted molar refractivity (Wildman–Crippen MR) is 86.3 cm³/mol. The topological polar surface area (TPSA) is 56.5 Å². The first-order valence-electron chi connectivity index (χ1n) is 9.70. The van der Waals surface area contributed by atoms with E-state index in [0.717, 1.165) is 25.2 Å². The summed E-state index contributed by atoms with van der Waals surface area (Å²) in [5.74, 6) is 2.59. The molecule has 0 bridgehead atoms. The zero-order valence-corrected chi connectivity index (χ0v) is 14.4. The number of aliphatic hydroxyl groups excluding tert-OH is 1. The van der Waals surface area contributed by atoms with Crippen molar-refractivity contribution in [1.29, 1.82) is 5.26 Å². The number of hydrogen-bond acceptors (Lipinski definition) is 3. The van der Waals surface area contributed by atoms with Crippen molar-refractivity contribution in [2.75, 3.05) is 0 Å². The fourth-order valence-electron chi connectivity index (χ4n) is 7.86. The highest BCUT2D eigenvalue weighted by atomic mass is 16.6. The minimum atomic E-state index is -0.224. The maximum Gasteiger partial charge on any atom is 0.0847 e. The normalized spacial score (nSPS) is 63.2. The Labute approximate surface area is 139 Å². The Kier molecular flexibility index (Phi) is 2.90. The van der Waals surface area contributed by atoms with E-state index in [1.54, 1.807) is 0 Å². The van der Waals surface area contributed by atoms with Crippen LogP contribution in [-0.2, 0) is 4.74 Å². The Hall–Kier alpha value is -0.590. The van der Waals surface area contributed by atoms with Gasteiger partial charge in [0.25, 0.3) is 0 Å². The Balaban J connectivity index is 1.51. The van der Waals surface area contributed by atoms with E-state index < -0.39 is 0 Å². The average molecular weight is 315 g/mol. The number of rotatable bonds is 0. The van der Waals surface area contributed by atoms with E-state index in [-0.39, 0.29) is 22.9 Å². The largest absolute Gasteiger partial charge is 0.393 e. The number of hydrogen-bond donors (Lipinski definition) is 1. The number of nitrogens with zero attached hydrogens (tertiary/aromatic N) is 1. The van der Waals surface area contributed by atoms with E-state index in [9.17, 15) is 10.4 Å². The summed E-state index contributed by atoms with van der Waals surface area (Å²) in [6.45, 7) is 4.75. The maximum atomic E-state index is 11.2. The first-order chi connectivity index (χ1) is 11.0. The molecule has 126 valence electrons. The number of epoxide rings is 1. The van der Waals surface area contributed by atoms with Crippen LogP contribution in [0.15, 0.2) is 0 Å². The molecule has 0 aromatic rings. The molecule has 10 unspecified atom stereocenters. The van der Waals surface area contributed by atoms with Crippen molar-refractivity contribution >= 4 is 0 Å². The standard InChI is InChI=1S/C20H29NO2/c1-19-8-15(22)18-13(14(19)6-4-12(19)10-21)5-3-11-7-16-17(23-16)9-20(11,18)2/h11-18,22H,3-9H2,1-2H3. The third kappa shape index (κ3) is 1.78. The highest BCUT2D eigenvalue weighted by molar-refractivity contribution is 5.16. The molecule has 0 aromatic carbocycles. The maximum absolute atomic E-state index is 11.2. The molecule has 3 nitrogen and oxygen atoms in total. The van der Waals surface area contributed by atoms with Crippen LogP contribution in [0.5, 0.6) is 0 Å². The molecular weight excluding hydrogens is 286 g/mol. The van der Waals surface area contributed by atoms with Gasteiger partial charge in [-0.2, -0.15) is 5.26 Å². The molecule has 4 aliphatic carbocycles. The molecule has 5 fully saturated rings. The fourth-order valence-corrected chi connectivity index (χ4v) is 7.86. The third-order valence-corrected chi connectivity index (χ3v) is 8.99. The van der Waals surface area contributed by atoms with Crippen LogP contribution in [0.4, 0.5) is 0 Å². The molecule has 0 amide bonds. The fraction of sp³-hybridized carbons (Fsp3) is 0.950. The van der Waals surface area contributed by atoms with Gasteiger partial charge in [0.1, 0.15) is 0 Å². The quantitative estimate of drug-likeness (QED) is 0.696. The van der Waals surface area contributed by atoms with Crippen molar-refractivity contribution in [3.05, 3.63) is 0 Å². The number of aliphatic hydroxyl groups is 1. The van der Waals surface area contributed by atoms with Crippen LogP contribution in [0.2, 0.25) is 0 Å². The van der Waals surface area contributed by atoms with Crippen LogP contribution in [0, 0.1) is 51.8 Å². The number of fused-ring (bicyclic) bond motifs is 6. The first-order valence-corrected chi connectivity index (χ1v) is 9.70. The van der Waals surface area contributed by atoms with Crippen molar-refractivity contribution in [2.24, 2.45) is 40.4 Å². The van der Waals surface area contributed by atoms with Crippen LogP contribution in [0.25, 0.3) is 0 Å². The number of nitriles is 1. The minimum absolute atomic E-state index is 0.0474. The lowest BCUT2D eigenvalue weighted by molar-refractivity contribution is -0.163. The van der Waals surface area contributed by atoms with Crippen molar-refractivity contribution in [2.45, 2.75) is 77.1 Å². The lowest BCUT2D eigenvalue weighted by Crippen LogP contribution is -2.58. The van der Waals surface area contributed by atoms with E-state index >= 15 is 0 Å². The zero-order valence-electron chi connectivity index (χ0n) is 14.4. The SMILES string of the molecule is CC12CC(O)C3C(CCC4CC5OC5CC43C)C1CCC2C#N. The van der Waals surface area contributed by atoms with Crippen LogP contribution in [0.3, 0.4) is 0 Å². The van der Waals surface area contributed by atoms with Crippen molar-refractivity contribution in [1.82, 2.24) is 0 Å². The summed E-state index contributed by atoms with van der Waals surface area (Å²) in [6, 6.07) is 2.57. The van der Waals surface area contributed by atoms with Gasteiger partial charge in [-0.1, -0.05) is 13.8 Å². The lowest BCUT2D eigenvalue weighted by atomic mass is 9.44. The highest BCUT2D eigenvalue weighted by Gasteiger charge is 2.65. The molecule has 5 aliphatic rings. The second-order valence-corrected chi connectivity index (χ2v) is 9.77. The monoisotopic (exact) mass is 315 g/mol. The summed E-state index contributed by atoms with van der Waals surface area (Å²) in [5, 5.41) is 20.8. The summed E-state index contributed by atoms with van der Waals surface area (Å²) in [7, 11) is 0. The van der Waals surface area contributed by atoms with Gasteiger partial charge >= 0.3 is 0 Å². The highest BCUT2D eigenvalue weighted by Crippen LogP contribution is 2.68. The Bertz CT molecular complexity index is 570. The van der Waals surface area contributed by atoms with Crippen LogP contribution < -0.4 is 0 Å². The second kappa shape index (κ2) is 4.52. The molecule has 1 aliphatic heterocycles. The molecule has 23 heavy (non-hydrogen) atoms. The van der Waals surface area contributed by atoms with E-state index in [1.807, 2.05) is 0 Å². The zero-order chi connectivity index (χ0) is 16.0.